The molecule has 3 fully saturated rings. The second kappa shape index (κ2) is 19.3. The van der Waals surface area contributed by atoms with E-state index in [9.17, 15) is 22.8 Å². The van der Waals surface area contributed by atoms with Gasteiger partial charge in [-0.3, -0.25) is 34.0 Å². The molecule has 1 atom stereocenters. The van der Waals surface area contributed by atoms with Crippen LogP contribution in [0.3, 0.4) is 0 Å². The molecule has 3 aliphatic heterocycles. The number of piperazine rings is 1. The summed E-state index contributed by atoms with van der Waals surface area (Å²) >= 11 is 1.40. The van der Waals surface area contributed by atoms with Crippen LogP contribution in [0.25, 0.3) is 21.8 Å². The Kier molecular flexibility index (Phi) is 13.6. The van der Waals surface area contributed by atoms with E-state index >= 15 is 4.39 Å². The number of amides is 3. The fraction of sp³-hybridized carbons (Fsp3) is 0.467. The topological polar surface area (TPSA) is 201 Å². The minimum Gasteiger partial charge on any atom is -0.354 e. The summed E-state index contributed by atoms with van der Waals surface area (Å²) < 4.78 is 45.4. The van der Waals surface area contributed by atoms with Crippen molar-refractivity contribution in [2.45, 2.75) is 77.7 Å². The van der Waals surface area contributed by atoms with E-state index in [1.807, 2.05) is 48.7 Å². The third-order valence-electron chi connectivity index (χ3n) is 11.9. The zero-order valence-corrected chi connectivity index (χ0v) is 38.7. The van der Waals surface area contributed by atoms with Crippen LogP contribution in [0.1, 0.15) is 76.3 Å². The van der Waals surface area contributed by atoms with E-state index < -0.39 is 15.8 Å². The predicted octanol–water partition coefficient (Wildman–Crippen LogP) is 5.77. The van der Waals surface area contributed by atoms with Gasteiger partial charge in [0.15, 0.2) is 5.82 Å². The summed E-state index contributed by atoms with van der Waals surface area (Å²) in [5, 5.41) is 11.1. The molecule has 0 bridgehead atoms. The van der Waals surface area contributed by atoms with Crippen molar-refractivity contribution in [1.29, 1.82) is 0 Å². The van der Waals surface area contributed by atoms with E-state index in [0.717, 1.165) is 55.4 Å². The number of hydrogen-bond donors (Lipinski definition) is 3. The van der Waals surface area contributed by atoms with Crippen molar-refractivity contribution in [2.75, 3.05) is 66.5 Å². The Morgan fingerprint density at radius 1 is 0.985 bits per heavy atom. The van der Waals surface area contributed by atoms with Crippen LogP contribution < -0.4 is 20.3 Å². The lowest BCUT2D eigenvalue weighted by Crippen LogP contribution is -2.51. The van der Waals surface area contributed by atoms with Crippen LogP contribution >= 0.6 is 11.3 Å². The summed E-state index contributed by atoms with van der Waals surface area (Å²) in [6, 6.07) is 10.1. The van der Waals surface area contributed by atoms with Crippen LogP contribution in [0.5, 0.6) is 0 Å². The highest BCUT2D eigenvalue weighted by Gasteiger charge is 2.31. The van der Waals surface area contributed by atoms with Crippen molar-refractivity contribution < 1.29 is 27.2 Å². The number of piperidine rings is 2. The Hall–Kier alpha value is -5.86. The number of aromatic nitrogens is 6. The molecule has 3 amide bonds. The van der Waals surface area contributed by atoms with Crippen molar-refractivity contribution in [3.8, 4) is 21.8 Å². The zero-order chi connectivity index (χ0) is 45.9. The molecule has 0 aliphatic carbocycles. The molecule has 3 N–H and O–H groups in total. The van der Waals surface area contributed by atoms with Crippen LogP contribution in [0.4, 0.5) is 27.5 Å². The first-order valence-corrected chi connectivity index (χ1v) is 24.6. The molecule has 8 rings (SSSR count). The molecule has 1 aromatic carbocycles. The van der Waals surface area contributed by atoms with Crippen molar-refractivity contribution in [3.63, 3.8) is 0 Å². The van der Waals surface area contributed by atoms with Gasteiger partial charge in [0.2, 0.25) is 33.7 Å². The minimum atomic E-state index is -3.72. The Morgan fingerprint density at radius 2 is 1.75 bits per heavy atom. The first kappa shape index (κ1) is 45.7. The molecule has 7 heterocycles. The zero-order valence-electron chi connectivity index (χ0n) is 37.1. The lowest BCUT2D eigenvalue weighted by molar-refractivity contribution is -0.135. The van der Waals surface area contributed by atoms with Gasteiger partial charge in [0.05, 0.1) is 57.1 Å². The highest BCUT2D eigenvalue weighted by Crippen LogP contribution is 2.42. The minimum absolute atomic E-state index is 0.124. The number of rotatable bonds is 14. The summed E-state index contributed by atoms with van der Waals surface area (Å²) in [7, 11) is -3.72. The van der Waals surface area contributed by atoms with E-state index in [4.69, 9.17) is 9.97 Å². The van der Waals surface area contributed by atoms with Gasteiger partial charge < -0.3 is 15.1 Å². The quantitative estimate of drug-likeness (QED) is 0.114. The Balaban J connectivity index is 0.838. The molecule has 3 saturated heterocycles. The Morgan fingerprint density at radius 3 is 2.49 bits per heavy atom. The average molecular weight is 927 g/mol. The van der Waals surface area contributed by atoms with E-state index in [1.54, 1.807) is 43.7 Å². The van der Waals surface area contributed by atoms with Gasteiger partial charge in [0.1, 0.15) is 5.82 Å². The fourth-order valence-electron chi connectivity index (χ4n) is 8.37. The lowest BCUT2D eigenvalue weighted by atomic mass is 9.91. The number of nitrogens with one attached hydrogen (secondary N) is 3. The van der Waals surface area contributed by atoms with Crippen molar-refractivity contribution in [2.24, 2.45) is 5.92 Å². The maximum Gasteiger partial charge on any atom is 0.236 e. The Bertz CT molecular complexity index is 2650. The summed E-state index contributed by atoms with van der Waals surface area (Å²) in [6.45, 7) is 13.2. The van der Waals surface area contributed by atoms with Crippen LogP contribution in [-0.2, 0) is 36.4 Å². The van der Waals surface area contributed by atoms with E-state index in [-0.39, 0.29) is 46.1 Å². The first-order valence-electron chi connectivity index (χ1n) is 22.1. The highest BCUT2D eigenvalue weighted by atomic mass is 32.2. The Labute approximate surface area is 382 Å². The number of sulfonamides is 1. The SMILES string of the molecule is CCCS(=O)(=O)Nc1cccc(-c2nc(C(C)(C)C)sc2-c2ccnc(Nc3cnn(CC4CCN(C(=O)CN5CCN(c6cc([C@H]7CCC(=O)NC7=O)ccn6)CC5)CC4)c3)n2)c1F. The van der Waals surface area contributed by atoms with Gasteiger partial charge in [-0.1, -0.05) is 33.8 Å². The van der Waals surface area contributed by atoms with Gasteiger partial charge in [-0.2, -0.15) is 5.10 Å². The number of likely N-dealkylation sites (tertiary alicyclic amines) is 1. The lowest BCUT2D eigenvalue weighted by Gasteiger charge is -2.37. The molecule has 344 valence electrons. The molecular formula is C45H55FN12O5S2. The molecule has 5 aromatic rings. The van der Waals surface area contributed by atoms with Crippen LogP contribution in [0.2, 0.25) is 0 Å². The largest absolute Gasteiger partial charge is 0.354 e. The number of carbonyl (C=O) groups is 3. The number of halogens is 1. The summed E-state index contributed by atoms with van der Waals surface area (Å²) in [4.78, 5) is 63.1. The molecule has 65 heavy (non-hydrogen) atoms. The van der Waals surface area contributed by atoms with E-state index in [1.165, 1.54) is 17.4 Å². The number of thiazole rings is 1. The first-order chi connectivity index (χ1) is 31.1. The van der Waals surface area contributed by atoms with Crippen LogP contribution in [0.15, 0.2) is 61.2 Å². The smallest absolute Gasteiger partial charge is 0.236 e. The van der Waals surface area contributed by atoms with Gasteiger partial charge in [0.25, 0.3) is 0 Å². The monoisotopic (exact) mass is 926 g/mol. The standard InChI is InChI=1S/C45H55FN12O5S2/c1-5-23-65(62,63)54-34-8-6-7-33(39(34)46)40-41(64-43(53-40)45(2,3)4)35-12-16-48-44(51-35)50-31-25-49-58(27-31)26-29-13-17-57(18-14-29)38(60)28-55-19-21-56(22-20-55)36-24-30(11-15-47-36)32-9-10-37(59)52-42(32)61/h6-8,11-12,15-16,24-25,27,29,32,54H,5,9-10,13-14,17-23,26,28H2,1-4H3,(H,48,50,51)(H,52,59,61)/t32-/m1/s1. The van der Waals surface area contributed by atoms with Crippen molar-refractivity contribution in [1.82, 2.24) is 44.8 Å². The van der Waals surface area contributed by atoms with Crippen LogP contribution in [0, 0.1) is 11.7 Å². The molecule has 17 nitrogen and oxygen atoms in total. The number of imide groups is 1. The molecule has 0 saturated carbocycles. The third-order valence-corrected chi connectivity index (χ3v) is 14.9. The molecule has 20 heteroatoms. The molecule has 0 unspecified atom stereocenters. The highest BCUT2D eigenvalue weighted by molar-refractivity contribution is 7.92. The molecule has 0 radical (unpaired) electrons. The third kappa shape index (κ3) is 11.0. The molecular weight excluding hydrogens is 872 g/mol. The number of carbonyl (C=O) groups excluding carboxylic acids is 3. The summed E-state index contributed by atoms with van der Waals surface area (Å²) in [5.41, 5.74) is 2.13. The number of nitrogens with zero attached hydrogens (tertiary/aromatic N) is 9. The maximum absolute atomic E-state index is 16.1. The number of benzene rings is 1. The number of hydrogen-bond acceptors (Lipinski definition) is 14. The normalized spacial score (nSPS) is 17.9. The summed E-state index contributed by atoms with van der Waals surface area (Å²) in [6.07, 6.45) is 9.92. The second-order valence-electron chi connectivity index (χ2n) is 17.9. The van der Waals surface area contributed by atoms with Crippen molar-refractivity contribution in [3.05, 3.63) is 77.6 Å². The van der Waals surface area contributed by atoms with Gasteiger partial charge in [-0.05, 0) is 67.5 Å². The van der Waals surface area contributed by atoms with Gasteiger partial charge >= 0.3 is 0 Å². The fourth-order valence-corrected chi connectivity index (χ4v) is 10.6. The van der Waals surface area contributed by atoms with Gasteiger partial charge in [0, 0.05) is 81.8 Å². The second-order valence-corrected chi connectivity index (χ2v) is 20.8. The van der Waals surface area contributed by atoms with E-state index in [2.05, 4.69) is 40.2 Å². The van der Waals surface area contributed by atoms with Gasteiger partial charge in [-0.15, -0.1) is 11.3 Å². The molecule has 4 aromatic heterocycles. The van der Waals surface area contributed by atoms with Crippen molar-refractivity contribution >= 4 is 62.2 Å². The average Bonchev–Trinajstić information content (AvgIpc) is 3.93. The maximum atomic E-state index is 16.1. The molecule has 0 spiro atoms. The van der Waals surface area contributed by atoms with Gasteiger partial charge in [-0.25, -0.2) is 32.7 Å². The number of anilines is 4. The summed E-state index contributed by atoms with van der Waals surface area (Å²) in [5.74, 6) is -0.0795. The van der Waals surface area contributed by atoms with Crippen LogP contribution in [-0.4, -0.2) is 117 Å². The number of pyridine rings is 1. The van der Waals surface area contributed by atoms with E-state index in [0.29, 0.717) is 79.3 Å². The predicted molar refractivity (Wildman–Crippen MR) is 248 cm³/mol. The molecule has 3 aliphatic rings.